The summed E-state index contributed by atoms with van der Waals surface area (Å²) >= 11 is 1.32. The highest BCUT2D eigenvalue weighted by Crippen LogP contribution is 2.37. The number of pyridine rings is 1. The first-order valence-electron chi connectivity index (χ1n) is 11.3. The quantitative estimate of drug-likeness (QED) is 0.356. The van der Waals surface area contributed by atoms with Crippen LogP contribution in [-0.4, -0.2) is 62.4 Å². The number of terminal acetylenes is 1. The third kappa shape index (κ3) is 4.90. The van der Waals surface area contributed by atoms with Gasteiger partial charge in [0.2, 0.25) is 0 Å². The minimum Gasteiger partial charge on any atom is -0.464 e. The Morgan fingerprint density at radius 2 is 2.08 bits per heavy atom. The summed E-state index contributed by atoms with van der Waals surface area (Å²) in [4.78, 5) is 31.2. The molecule has 9 nitrogen and oxygen atoms in total. The topological polar surface area (TPSA) is 131 Å². The van der Waals surface area contributed by atoms with E-state index in [0.717, 1.165) is 22.9 Å². The zero-order valence-corrected chi connectivity index (χ0v) is 20.5. The number of aliphatic hydroxyl groups is 1. The number of hydrogen-bond donors (Lipinski definition) is 3. The van der Waals surface area contributed by atoms with Crippen molar-refractivity contribution < 1.29 is 24.5 Å². The Labute approximate surface area is 211 Å². The summed E-state index contributed by atoms with van der Waals surface area (Å²) in [5.74, 6) is 3.25. The van der Waals surface area contributed by atoms with E-state index in [-0.39, 0.29) is 18.6 Å². The Morgan fingerprint density at radius 1 is 1.31 bits per heavy atom. The van der Waals surface area contributed by atoms with Gasteiger partial charge < -0.3 is 25.6 Å². The van der Waals surface area contributed by atoms with Crippen molar-refractivity contribution in [1.29, 1.82) is 0 Å². The SMILES string of the molecule is C#CCN.Cc1cc2cc(Oc3ccnc4cc(C(=O)N5CCC[C@@H]5CO)sc34)ccc2n1C(=O)O. The number of amides is 1. The number of benzene rings is 1. The van der Waals surface area contributed by atoms with Crippen LogP contribution < -0.4 is 10.5 Å². The third-order valence-corrected chi connectivity index (χ3v) is 7.06. The van der Waals surface area contributed by atoms with E-state index in [1.165, 1.54) is 15.9 Å². The average molecular weight is 507 g/mol. The van der Waals surface area contributed by atoms with Gasteiger partial charge in [0.15, 0.2) is 0 Å². The molecule has 1 aromatic carbocycles. The molecule has 1 saturated heterocycles. The fourth-order valence-corrected chi connectivity index (χ4v) is 5.33. The molecule has 0 unspecified atom stereocenters. The zero-order valence-electron chi connectivity index (χ0n) is 19.7. The summed E-state index contributed by atoms with van der Waals surface area (Å²) < 4.78 is 8.11. The van der Waals surface area contributed by atoms with Crippen LogP contribution in [-0.2, 0) is 0 Å². The van der Waals surface area contributed by atoms with Crippen LogP contribution in [0, 0.1) is 19.3 Å². The van der Waals surface area contributed by atoms with Gasteiger partial charge in [-0.05, 0) is 50.1 Å². The van der Waals surface area contributed by atoms with Gasteiger partial charge in [-0.2, -0.15) is 0 Å². The number of thiophene rings is 1. The van der Waals surface area contributed by atoms with E-state index in [9.17, 15) is 19.8 Å². The second kappa shape index (κ2) is 10.8. The van der Waals surface area contributed by atoms with Crippen molar-refractivity contribution >= 4 is 44.5 Å². The van der Waals surface area contributed by atoms with Crippen LogP contribution in [0.1, 0.15) is 28.2 Å². The van der Waals surface area contributed by atoms with Gasteiger partial charge in [0.25, 0.3) is 5.91 Å². The van der Waals surface area contributed by atoms with E-state index >= 15 is 0 Å². The molecule has 186 valence electrons. The summed E-state index contributed by atoms with van der Waals surface area (Å²) in [5, 5.41) is 19.7. The van der Waals surface area contributed by atoms with E-state index in [1.54, 1.807) is 54.4 Å². The van der Waals surface area contributed by atoms with E-state index in [1.807, 2.05) is 0 Å². The third-order valence-electron chi connectivity index (χ3n) is 5.93. The zero-order chi connectivity index (χ0) is 25.8. The highest BCUT2D eigenvalue weighted by molar-refractivity contribution is 7.21. The van der Waals surface area contributed by atoms with Gasteiger partial charge in [0.1, 0.15) is 11.5 Å². The number of nitrogens with zero attached hydrogens (tertiary/aromatic N) is 3. The molecule has 1 fully saturated rings. The average Bonchev–Trinajstić information content (AvgIpc) is 3.59. The molecule has 4 heterocycles. The van der Waals surface area contributed by atoms with Crippen molar-refractivity contribution in [3.63, 3.8) is 0 Å². The van der Waals surface area contributed by atoms with Crippen molar-refractivity contribution in [2.75, 3.05) is 19.7 Å². The number of ether oxygens (including phenoxy) is 1. The normalized spacial score (nSPS) is 14.9. The Hall–Kier alpha value is -3.91. The van der Waals surface area contributed by atoms with Crippen molar-refractivity contribution in [3.8, 4) is 23.8 Å². The number of fused-ring (bicyclic) bond motifs is 2. The lowest BCUT2D eigenvalue weighted by Gasteiger charge is -2.22. The highest BCUT2D eigenvalue weighted by atomic mass is 32.1. The summed E-state index contributed by atoms with van der Waals surface area (Å²) in [6, 6.07) is 10.4. The summed E-state index contributed by atoms with van der Waals surface area (Å²) in [6.07, 6.45) is 6.96. The van der Waals surface area contributed by atoms with Gasteiger partial charge in [0.05, 0.1) is 39.8 Å². The van der Waals surface area contributed by atoms with Crippen molar-refractivity contribution in [1.82, 2.24) is 14.5 Å². The molecule has 0 radical (unpaired) electrons. The number of aryl methyl sites for hydroxylation is 1. The molecule has 5 rings (SSSR count). The number of nitrogens with two attached hydrogens (primary N) is 1. The number of hydrogen-bond acceptors (Lipinski definition) is 7. The number of carbonyl (C=O) groups excluding carboxylic acids is 1. The van der Waals surface area contributed by atoms with Crippen LogP contribution in [0.2, 0.25) is 0 Å². The monoisotopic (exact) mass is 506 g/mol. The number of carboxylic acid groups (broad SMARTS) is 1. The Morgan fingerprint density at radius 3 is 2.78 bits per heavy atom. The maximum atomic E-state index is 13.0. The number of carbonyl (C=O) groups is 2. The van der Waals surface area contributed by atoms with Crippen LogP contribution in [0.25, 0.3) is 21.1 Å². The standard InChI is InChI=1S/C23H21N3O5S.C3H5N/c1-13-9-14-10-16(4-5-18(14)26(13)23(29)30)31-19-6-7-24-17-11-20(32-21(17)19)22(28)25-8-2-3-15(25)12-27;1-2-3-4/h4-7,9-11,15,27H,2-3,8,12H2,1H3,(H,29,30);1H,3-4H2/t15-;/m1./s1. The number of likely N-dealkylation sites (tertiary alicyclic amines) is 1. The largest absolute Gasteiger partial charge is 0.464 e. The Balaban J connectivity index is 0.000000709. The first-order chi connectivity index (χ1) is 17.4. The summed E-state index contributed by atoms with van der Waals surface area (Å²) in [5.41, 5.74) is 6.68. The molecule has 1 aliphatic heterocycles. The molecular weight excluding hydrogens is 480 g/mol. The minimum atomic E-state index is -1.03. The molecule has 0 aliphatic carbocycles. The van der Waals surface area contributed by atoms with Crippen LogP contribution >= 0.6 is 11.3 Å². The molecule has 10 heteroatoms. The first-order valence-corrected chi connectivity index (χ1v) is 12.2. The molecule has 1 amide bonds. The fraction of sp³-hybridized carbons (Fsp3) is 0.269. The first kappa shape index (κ1) is 25.2. The van der Waals surface area contributed by atoms with Gasteiger partial charge in [-0.15, -0.1) is 17.8 Å². The predicted octanol–water partition coefficient (Wildman–Crippen LogP) is 4.05. The molecule has 36 heavy (non-hydrogen) atoms. The second-order valence-corrected chi connectivity index (χ2v) is 9.30. The van der Waals surface area contributed by atoms with Crippen LogP contribution in [0.3, 0.4) is 0 Å². The maximum Gasteiger partial charge on any atom is 0.416 e. The molecular formula is C26H26N4O5S. The number of aromatic nitrogens is 2. The van der Waals surface area contributed by atoms with Crippen molar-refractivity contribution in [3.05, 3.63) is 53.2 Å². The van der Waals surface area contributed by atoms with Crippen molar-refractivity contribution in [2.24, 2.45) is 5.73 Å². The van der Waals surface area contributed by atoms with E-state index < -0.39 is 6.09 Å². The molecule has 0 bridgehead atoms. The van der Waals surface area contributed by atoms with Crippen LogP contribution in [0.5, 0.6) is 11.5 Å². The maximum absolute atomic E-state index is 13.0. The molecule has 4 aromatic rings. The summed E-state index contributed by atoms with van der Waals surface area (Å²) in [6.45, 7) is 2.70. The van der Waals surface area contributed by atoms with Gasteiger partial charge in [0, 0.05) is 29.9 Å². The Bertz CT molecular complexity index is 1470. The molecule has 4 N–H and O–H groups in total. The fourth-order valence-electron chi connectivity index (χ4n) is 4.31. The summed E-state index contributed by atoms with van der Waals surface area (Å²) in [7, 11) is 0. The molecule has 0 saturated carbocycles. The lowest BCUT2D eigenvalue weighted by Crippen LogP contribution is -2.37. The van der Waals surface area contributed by atoms with E-state index in [4.69, 9.17) is 10.5 Å². The number of rotatable bonds is 4. The smallest absolute Gasteiger partial charge is 0.416 e. The van der Waals surface area contributed by atoms with Crippen molar-refractivity contribution in [2.45, 2.75) is 25.8 Å². The molecule has 1 aliphatic rings. The predicted molar refractivity (Wildman–Crippen MR) is 139 cm³/mol. The highest BCUT2D eigenvalue weighted by Gasteiger charge is 2.30. The second-order valence-electron chi connectivity index (χ2n) is 8.25. The van der Waals surface area contributed by atoms with Crippen LogP contribution in [0.4, 0.5) is 4.79 Å². The van der Waals surface area contributed by atoms with Gasteiger partial charge >= 0.3 is 6.09 Å². The van der Waals surface area contributed by atoms with E-state index in [0.29, 0.717) is 46.2 Å². The molecule has 1 atom stereocenters. The van der Waals surface area contributed by atoms with Gasteiger partial charge in [-0.3, -0.25) is 14.3 Å². The van der Waals surface area contributed by atoms with Gasteiger partial charge in [-0.25, -0.2) is 4.79 Å². The molecule has 0 spiro atoms. The Kier molecular flexibility index (Phi) is 7.55. The minimum absolute atomic E-state index is 0.0329. The lowest BCUT2D eigenvalue weighted by atomic mass is 10.2. The number of aliphatic hydroxyl groups excluding tert-OH is 1. The lowest BCUT2D eigenvalue weighted by molar-refractivity contribution is 0.0682. The van der Waals surface area contributed by atoms with Gasteiger partial charge in [-0.1, -0.05) is 5.92 Å². The molecule has 3 aromatic heterocycles. The van der Waals surface area contributed by atoms with E-state index in [2.05, 4.69) is 17.3 Å². The van der Waals surface area contributed by atoms with Crippen LogP contribution in [0.15, 0.2) is 42.6 Å².